The number of nitrogens with zero attached hydrogens (tertiary/aromatic N) is 3. The highest BCUT2D eigenvalue weighted by molar-refractivity contribution is 8.23. The van der Waals surface area contributed by atoms with Gasteiger partial charge in [0.15, 0.2) is 12.4 Å². The number of thioether (sulfide) groups is 2. The Balaban J connectivity index is 1.95. The largest absolute Gasteiger partial charge is 0.314 e. The van der Waals surface area contributed by atoms with Crippen LogP contribution in [0.2, 0.25) is 0 Å². The standard InChI is InChI=1S/C15H16N3OS4/c1-15(11-16,23-13(20)17-7-3-2-4-8-17)6-5-12(19)18-9-10-22-14(18)21/h2-4,7-8H,5-6,9-10H2,1H3/q+1. The zero-order chi connectivity index (χ0) is 16.9. The molecule has 0 aromatic carbocycles. The van der Waals surface area contributed by atoms with E-state index in [0.717, 1.165) is 5.75 Å². The lowest BCUT2D eigenvalue weighted by molar-refractivity contribution is -0.546. The third-order valence-corrected chi connectivity index (χ3v) is 6.37. The van der Waals surface area contributed by atoms with Crippen LogP contribution in [0.3, 0.4) is 0 Å². The Hall–Kier alpha value is -1.01. The first-order chi connectivity index (χ1) is 10.9. The van der Waals surface area contributed by atoms with Gasteiger partial charge in [-0.3, -0.25) is 9.69 Å². The van der Waals surface area contributed by atoms with E-state index < -0.39 is 4.75 Å². The average molecular weight is 383 g/mol. The topological polar surface area (TPSA) is 48.0 Å². The number of thiocarbonyl (C=S) groups is 2. The van der Waals surface area contributed by atoms with Crippen molar-refractivity contribution in [1.82, 2.24) is 4.90 Å². The Bertz CT molecular complexity index is 658. The van der Waals surface area contributed by atoms with Crippen LogP contribution in [0.5, 0.6) is 0 Å². The van der Waals surface area contributed by atoms with Crippen LogP contribution in [0.15, 0.2) is 30.6 Å². The molecular weight excluding hydrogens is 366 g/mol. The van der Waals surface area contributed by atoms with Crippen LogP contribution in [-0.4, -0.2) is 36.5 Å². The van der Waals surface area contributed by atoms with E-state index in [9.17, 15) is 10.1 Å². The summed E-state index contributed by atoms with van der Waals surface area (Å²) < 4.78 is 2.28. The summed E-state index contributed by atoms with van der Waals surface area (Å²) in [7, 11) is 0. The first kappa shape index (κ1) is 18.3. The molecule has 0 aliphatic carbocycles. The molecular formula is C15H16N3OS4+. The maximum atomic E-state index is 12.2. The van der Waals surface area contributed by atoms with Crippen LogP contribution in [0.25, 0.3) is 0 Å². The van der Waals surface area contributed by atoms with Crippen molar-refractivity contribution in [3.8, 4) is 6.07 Å². The molecule has 23 heavy (non-hydrogen) atoms. The molecule has 8 heteroatoms. The number of nitriles is 1. The quantitative estimate of drug-likeness (QED) is 0.589. The predicted octanol–water partition coefficient (Wildman–Crippen LogP) is 2.76. The molecule has 1 amide bonds. The number of carbonyl (C=O) groups is 1. The highest BCUT2D eigenvalue weighted by atomic mass is 32.2. The molecule has 4 nitrogen and oxygen atoms in total. The Labute approximate surface area is 155 Å². The van der Waals surface area contributed by atoms with Gasteiger partial charge in [-0.15, -0.1) is 0 Å². The molecule has 1 aromatic heterocycles. The smallest absolute Gasteiger partial charge is 0.297 e. The lowest BCUT2D eigenvalue weighted by atomic mass is 10.1. The van der Waals surface area contributed by atoms with Crippen molar-refractivity contribution >= 4 is 62.5 Å². The van der Waals surface area contributed by atoms with E-state index in [1.807, 2.05) is 37.5 Å². The van der Waals surface area contributed by atoms with Crippen LogP contribution >= 0.6 is 48.0 Å². The van der Waals surface area contributed by atoms with Crippen molar-refractivity contribution in [1.29, 1.82) is 5.26 Å². The van der Waals surface area contributed by atoms with Gasteiger partial charge in [0.05, 0.1) is 6.07 Å². The number of hydrogen-bond donors (Lipinski definition) is 0. The van der Waals surface area contributed by atoms with Crippen molar-refractivity contribution in [2.45, 2.75) is 24.5 Å². The van der Waals surface area contributed by atoms with E-state index in [4.69, 9.17) is 24.4 Å². The summed E-state index contributed by atoms with van der Waals surface area (Å²) in [5.74, 6) is 0.837. The van der Waals surface area contributed by atoms with Gasteiger partial charge in [-0.1, -0.05) is 30.0 Å². The van der Waals surface area contributed by atoms with Crippen LogP contribution in [-0.2, 0) is 4.79 Å². The van der Waals surface area contributed by atoms with Gasteiger partial charge in [0.25, 0.3) is 0 Å². The molecule has 1 saturated heterocycles. The lowest BCUT2D eigenvalue weighted by Gasteiger charge is -2.20. The summed E-state index contributed by atoms with van der Waals surface area (Å²) >= 11 is 13.4. The van der Waals surface area contributed by atoms with Gasteiger partial charge in [-0.25, -0.2) is 0 Å². The predicted molar refractivity (Wildman–Crippen MR) is 102 cm³/mol. The van der Waals surface area contributed by atoms with E-state index in [1.54, 1.807) is 9.47 Å². The Morgan fingerprint density at radius 2 is 2.22 bits per heavy atom. The van der Waals surface area contributed by atoms with Crippen molar-refractivity contribution in [2.75, 3.05) is 12.3 Å². The van der Waals surface area contributed by atoms with Crippen molar-refractivity contribution < 1.29 is 9.36 Å². The molecule has 1 unspecified atom stereocenters. The third-order valence-electron chi connectivity index (χ3n) is 3.35. The van der Waals surface area contributed by atoms with Crippen molar-refractivity contribution in [3.63, 3.8) is 0 Å². The second-order valence-electron chi connectivity index (χ2n) is 5.15. The Morgan fingerprint density at radius 3 is 2.78 bits per heavy atom. The summed E-state index contributed by atoms with van der Waals surface area (Å²) in [5, 5.41) is 9.52. The normalized spacial score (nSPS) is 16.7. The molecule has 0 bridgehead atoms. The fraction of sp³-hybridized carbons (Fsp3) is 0.400. The molecule has 0 N–H and O–H groups in total. The van der Waals surface area contributed by atoms with Crippen molar-refractivity contribution in [2.24, 2.45) is 0 Å². The van der Waals surface area contributed by atoms with Gasteiger partial charge in [-0.2, -0.15) is 9.83 Å². The zero-order valence-corrected chi connectivity index (χ0v) is 15.9. The van der Waals surface area contributed by atoms with E-state index in [0.29, 0.717) is 28.0 Å². The van der Waals surface area contributed by atoms with E-state index >= 15 is 0 Å². The molecule has 1 aromatic rings. The second-order valence-corrected chi connectivity index (χ2v) is 9.02. The van der Waals surface area contributed by atoms with E-state index in [1.165, 1.54) is 23.5 Å². The summed E-state index contributed by atoms with van der Waals surface area (Å²) in [6.45, 7) is 2.48. The fourth-order valence-electron chi connectivity index (χ4n) is 2.00. The summed E-state index contributed by atoms with van der Waals surface area (Å²) in [6.07, 6.45) is 4.42. The first-order valence-electron chi connectivity index (χ1n) is 7.03. The minimum atomic E-state index is -0.746. The molecule has 0 radical (unpaired) electrons. The number of amides is 1. The number of aromatic nitrogens is 1. The molecule has 120 valence electrons. The Kier molecular flexibility index (Phi) is 6.53. The molecule has 1 atom stereocenters. The van der Waals surface area contributed by atoms with Gasteiger partial charge < -0.3 is 0 Å². The average Bonchev–Trinajstić information content (AvgIpc) is 2.99. The Morgan fingerprint density at radius 1 is 1.52 bits per heavy atom. The third kappa shape index (κ3) is 4.98. The summed E-state index contributed by atoms with van der Waals surface area (Å²) in [4.78, 5) is 13.9. The van der Waals surface area contributed by atoms with Crippen LogP contribution < -0.4 is 4.57 Å². The minimum absolute atomic E-state index is 0.0136. The lowest BCUT2D eigenvalue weighted by Crippen LogP contribution is -2.41. The highest BCUT2D eigenvalue weighted by Gasteiger charge is 2.33. The fourth-order valence-corrected chi connectivity index (χ4v) is 4.77. The molecule has 1 fully saturated rings. The van der Waals surface area contributed by atoms with Crippen LogP contribution in [0, 0.1) is 11.3 Å². The number of rotatable bonds is 4. The molecule has 1 aliphatic rings. The van der Waals surface area contributed by atoms with Gasteiger partial charge >= 0.3 is 4.32 Å². The molecule has 0 saturated carbocycles. The first-order valence-corrected chi connectivity index (χ1v) is 9.65. The SMILES string of the molecule is CC(C#N)(CCC(=O)N1CCSC1=S)SC(=S)[n+]1ccccc1. The second kappa shape index (κ2) is 8.20. The summed E-state index contributed by atoms with van der Waals surface area (Å²) in [6, 6.07) is 7.96. The van der Waals surface area contributed by atoms with Crippen molar-refractivity contribution in [3.05, 3.63) is 30.6 Å². The maximum absolute atomic E-state index is 12.2. The van der Waals surface area contributed by atoms with Gasteiger partial charge in [0.1, 0.15) is 9.07 Å². The van der Waals surface area contributed by atoms with E-state index in [-0.39, 0.29) is 5.91 Å². The van der Waals surface area contributed by atoms with Gasteiger partial charge in [0.2, 0.25) is 5.91 Å². The molecule has 2 heterocycles. The summed E-state index contributed by atoms with van der Waals surface area (Å²) in [5.41, 5.74) is 0. The zero-order valence-electron chi connectivity index (χ0n) is 12.6. The monoisotopic (exact) mass is 382 g/mol. The van der Waals surface area contributed by atoms with Gasteiger partial charge in [0, 0.05) is 43.1 Å². The minimum Gasteiger partial charge on any atom is -0.297 e. The molecule has 2 rings (SSSR count). The maximum Gasteiger partial charge on any atom is 0.314 e. The number of hydrogen-bond acceptors (Lipinski definition) is 6. The van der Waals surface area contributed by atoms with E-state index in [2.05, 4.69) is 6.07 Å². The number of carbonyl (C=O) groups excluding carboxylic acids is 1. The van der Waals surface area contributed by atoms with Gasteiger partial charge in [-0.05, 0) is 25.1 Å². The van der Waals surface area contributed by atoms with Crippen LogP contribution in [0.4, 0.5) is 0 Å². The molecule has 1 aliphatic heterocycles. The van der Waals surface area contributed by atoms with Crippen LogP contribution in [0.1, 0.15) is 19.8 Å². The number of pyridine rings is 1. The highest BCUT2D eigenvalue weighted by Crippen LogP contribution is 2.31. The molecule has 0 spiro atoms.